The van der Waals surface area contributed by atoms with Gasteiger partial charge in [-0.05, 0) is 67.2 Å². The fourth-order valence-corrected chi connectivity index (χ4v) is 3.79. The van der Waals surface area contributed by atoms with Crippen molar-refractivity contribution in [2.45, 2.75) is 6.92 Å². The molecule has 0 aromatic heterocycles. The number of likely N-dealkylation sites (N-methyl/N-ethyl adjacent to an activating group) is 1. The Hall–Kier alpha value is -2.77. The number of methoxy groups -OCH3 is 1. The third-order valence-electron chi connectivity index (χ3n) is 3.99. The summed E-state index contributed by atoms with van der Waals surface area (Å²) in [7, 11) is 1.32. The van der Waals surface area contributed by atoms with Crippen molar-refractivity contribution in [2.75, 3.05) is 13.7 Å². The highest BCUT2D eigenvalue weighted by atomic mass is 35.5. The van der Waals surface area contributed by atoms with Gasteiger partial charge >= 0.3 is 5.97 Å². The molecule has 1 heterocycles. The van der Waals surface area contributed by atoms with Gasteiger partial charge in [-0.1, -0.05) is 11.6 Å². The number of phenols is 1. The largest absolute Gasteiger partial charge is 0.507 e. The first-order valence-corrected chi connectivity index (χ1v) is 9.59. The molecule has 0 radical (unpaired) electrons. The zero-order valence-corrected chi connectivity index (χ0v) is 16.8. The molecule has 1 amide bonds. The van der Waals surface area contributed by atoms with Gasteiger partial charge in [-0.2, -0.15) is 0 Å². The maximum atomic E-state index is 12.7. The molecule has 1 N–H and O–H groups in total. The van der Waals surface area contributed by atoms with Gasteiger partial charge in [0.15, 0.2) is 5.17 Å². The van der Waals surface area contributed by atoms with Gasteiger partial charge in [-0.25, -0.2) is 9.79 Å². The number of carbonyl (C=O) groups is 2. The lowest BCUT2D eigenvalue weighted by Gasteiger charge is -2.12. The summed E-state index contributed by atoms with van der Waals surface area (Å²) in [6, 6.07) is 11.2. The number of amidine groups is 1. The average Bonchev–Trinajstić information content (AvgIpc) is 2.98. The number of hydrogen-bond acceptors (Lipinski definition) is 6. The maximum absolute atomic E-state index is 12.7. The van der Waals surface area contributed by atoms with E-state index in [1.165, 1.54) is 24.9 Å². The highest BCUT2D eigenvalue weighted by molar-refractivity contribution is 8.18. The van der Waals surface area contributed by atoms with Crippen LogP contribution in [0.1, 0.15) is 22.8 Å². The number of hydrogen-bond donors (Lipinski definition) is 1. The van der Waals surface area contributed by atoms with Crippen molar-refractivity contribution in [2.24, 2.45) is 4.99 Å². The SMILES string of the molecule is CCN1C(=O)/C(=C\c2cc(Cl)ccc2O)SC1=Nc1ccc(C(=O)OC)cc1. The number of nitrogens with zero attached hydrogens (tertiary/aromatic N) is 2. The van der Waals surface area contributed by atoms with Gasteiger partial charge in [0.1, 0.15) is 5.75 Å². The van der Waals surface area contributed by atoms with Crippen LogP contribution in [0.15, 0.2) is 52.4 Å². The number of phenolic OH excluding ortho intramolecular Hbond substituents is 1. The van der Waals surface area contributed by atoms with Crippen molar-refractivity contribution in [3.05, 3.63) is 63.5 Å². The topological polar surface area (TPSA) is 79.2 Å². The quantitative estimate of drug-likeness (QED) is 0.588. The summed E-state index contributed by atoms with van der Waals surface area (Å²) < 4.78 is 4.68. The van der Waals surface area contributed by atoms with Crippen LogP contribution < -0.4 is 0 Å². The number of esters is 1. The molecule has 28 heavy (non-hydrogen) atoms. The third kappa shape index (κ3) is 4.21. The van der Waals surface area contributed by atoms with E-state index in [1.807, 2.05) is 6.92 Å². The number of aliphatic imine (C=N–C) groups is 1. The van der Waals surface area contributed by atoms with E-state index in [9.17, 15) is 14.7 Å². The van der Waals surface area contributed by atoms with E-state index in [4.69, 9.17) is 11.6 Å². The predicted octanol–water partition coefficient (Wildman–Crippen LogP) is 4.46. The van der Waals surface area contributed by atoms with Crippen LogP contribution in [0.25, 0.3) is 6.08 Å². The van der Waals surface area contributed by atoms with Crippen molar-refractivity contribution in [1.29, 1.82) is 0 Å². The summed E-state index contributed by atoms with van der Waals surface area (Å²) in [5.74, 6) is -0.583. The molecule has 1 saturated heterocycles. The lowest BCUT2D eigenvalue weighted by Crippen LogP contribution is -2.28. The number of rotatable bonds is 4. The highest BCUT2D eigenvalue weighted by Gasteiger charge is 2.32. The van der Waals surface area contributed by atoms with Crippen LogP contribution in [-0.2, 0) is 9.53 Å². The molecule has 0 spiro atoms. The van der Waals surface area contributed by atoms with E-state index in [0.717, 1.165) is 0 Å². The smallest absolute Gasteiger partial charge is 0.337 e. The molecule has 0 atom stereocenters. The Morgan fingerprint density at radius 1 is 1.29 bits per heavy atom. The van der Waals surface area contributed by atoms with Crippen molar-refractivity contribution < 1.29 is 19.4 Å². The Morgan fingerprint density at radius 2 is 2.00 bits per heavy atom. The molecule has 8 heteroatoms. The van der Waals surface area contributed by atoms with Crippen molar-refractivity contribution in [3.63, 3.8) is 0 Å². The van der Waals surface area contributed by atoms with Gasteiger partial charge in [0, 0.05) is 17.1 Å². The molecular formula is C20H17ClN2O4S. The lowest BCUT2D eigenvalue weighted by molar-refractivity contribution is -0.122. The second-order valence-corrected chi connectivity index (χ2v) is 7.24. The Morgan fingerprint density at radius 3 is 2.64 bits per heavy atom. The van der Waals surface area contributed by atoms with Gasteiger partial charge in [-0.15, -0.1) is 0 Å². The minimum absolute atomic E-state index is 0.0390. The maximum Gasteiger partial charge on any atom is 0.337 e. The van der Waals surface area contributed by atoms with Gasteiger partial charge in [0.2, 0.25) is 0 Å². The molecule has 6 nitrogen and oxygen atoms in total. The monoisotopic (exact) mass is 416 g/mol. The van der Waals surface area contributed by atoms with Crippen molar-refractivity contribution in [1.82, 2.24) is 4.90 Å². The number of aromatic hydroxyl groups is 1. The minimum Gasteiger partial charge on any atom is -0.507 e. The van der Waals surface area contributed by atoms with E-state index >= 15 is 0 Å². The van der Waals surface area contributed by atoms with Crippen molar-refractivity contribution in [3.8, 4) is 5.75 Å². The number of benzene rings is 2. The number of ether oxygens (including phenoxy) is 1. The third-order valence-corrected chi connectivity index (χ3v) is 5.24. The fraction of sp³-hybridized carbons (Fsp3) is 0.150. The van der Waals surface area contributed by atoms with Gasteiger partial charge in [0.25, 0.3) is 5.91 Å². The van der Waals surface area contributed by atoms with Crippen LogP contribution >= 0.6 is 23.4 Å². The molecule has 0 unspecified atom stereocenters. The Kier molecular flexibility index (Phi) is 6.06. The van der Waals surface area contributed by atoms with Crippen LogP contribution in [0.5, 0.6) is 5.75 Å². The first kappa shape index (κ1) is 20.0. The lowest BCUT2D eigenvalue weighted by atomic mass is 10.2. The van der Waals surface area contributed by atoms with E-state index < -0.39 is 5.97 Å². The fourth-order valence-electron chi connectivity index (χ4n) is 2.55. The molecule has 2 aromatic rings. The highest BCUT2D eigenvalue weighted by Crippen LogP contribution is 2.35. The van der Waals surface area contributed by atoms with Gasteiger partial charge in [0.05, 0.1) is 23.3 Å². The molecular weight excluding hydrogens is 400 g/mol. The number of halogens is 1. The molecule has 2 aromatic carbocycles. The second kappa shape index (κ2) is 8.50. The summed E-state index contributed by atoms with van der Waals surface area (Å²) in [6.07, 6.45) is 1.60. The Bertz CT molecular complexity index is 986. The molecule has 144 valence electrons. The zero-order valence-electron chi connectivity index (χ0n) is 15.2. The molecule has 1 fully saturated rings. The van der Waals surface area contributed by atoms with Crippen molar-refractivity contribution >= 4 is 52.2 Å². The predicted molar refractivity (Wildman–Crippen MR) is 111 cm³/mol. The zero-order chi connectivity index (χ0) is 20.3. The normalized spacial score (nSPS) is 16.8. The number of carbonyl (C=O) groups excluding carboxylic acids is 2. The molecule has 1 aliphatic rings. The minimum atomic E-state index is -0.425. The van der Waals surface area contributed by atoms with E-state index in [-0.39, 0.29) is 11.7 Å². The van der Waals surface area contributed by atoms with E-state index in [2.05, 4.69) is 9.73 Å². The average molecular weight is 417 g/mol. The molecule has 1 aliphatic heterocycles. The Labute approximate surface area is 171 Å². The first-order chi connectivity index (χ1) is 13.4. The van der Waals surface area contributed by atoms with Crippen LogP contribution in [0.3, 0.4) is 0 Å². The number of thioether (sulfide) groups is 1. The Balaban J connectivity index is 1.91. The van der Waals surface area contributed by atoms with E-state index in [0.29, 0.717) is 38.5 Å². The van der Waals surface area contributed by atoms with Gasteiger partial charge in [-0.3, -0.25) is 9.69 Å². The van der Waals surface area contributed by atoms with Crippen LogP contribution in [-0.4, -0.2) is 40.7 Å². The summed E-state index contributed by atoms with van der Waals surface area (Å²) in [5.41, 5.74) is 1.49. The summed E-state index contributed by atoms with van der Waals surface area (Å²) in [6.45, 7) is 2.30. The second-order valence-electron chi connectivity index (χ2n) is 5.80. The van der Waals surface area contributed by atoms with Crippen LogP contribution in [0.4, 0.5) is 5.69 Å². The summed E-state index contributed by atoms with van der Waals surface area (Å²) >= 11 is 7.19. The van der Waals surface area contributed by atoms with Gasteiger partial charge < -0.3 is 9.84 Å². The molecule has 0 aliphatic carbocycles. The molecule has 0 saturated carbocycles. The standard InChI is InChI=1S/C20H17ClN2O4S/c1-3-23-18(25)17(11-13-10-14(21)6-9-16(13)24)28-20(23)22-15-7-4-12(5-8-15)19(26)27-2/h4-11,24H,3H2,1-2H3/b17-11+,22-20?. The van der Waals surface area contributed by atoms with Crippen LogP contribution in [0, 0.1) is 0 Å². The van der Waals surface area contributed by atoms with E-state index in [1.54, 1.807) is 47.4 Å². The van der Waals surface area contributed by atoms with Crippen LogP contribution in [0.2, 0.25) is 5.02 Å². The molecule has 3 rings (SSSR count). The summed E-state index contributed by atoms with van der Waals surface area (Å²) in [5, 5.41) is 11.0. The molecule has 0 bridgehead atoms. The first-order valence-electron chi connectivity index (χ1n) is 8.40. The number of amides is 1. The summed E-state index contributed by atoms with van der Waals surface area (Å²) in [4.78, 5) is 30.7.